The van der Waals surface area contributed by atoms with Crippen LogP contribution >= 0.6 is 15.9 Å². The van der Waals surface area contributed by atoms with Crippen molar-refractivity contribution in [2.45, 2.75) is 19.4 Å². The fraction of sp³-hybridized carbons (Fsp3) is 0.286. The Morgan fingerprint density at radius 2 is 2.25 bits per heavy atom. The fourth-order valence-corrected chi connectivity index (χ4v) is 3.01. The van der Waals surface area contributed by atoms with Crippen LogP contribution in [0.4, 0.5) is 0 Å². The molecule has 1 aromatic carbocycles. The number of hydrogen-bond donors (Lipinski definition) is 1. The molecule has 3 rings (SSSR count). The second-order valence-electron chi connectivity index (χ2n) is 4.92. The average molecular weight is 337 g/mol. The van der Waals surface area contributed by atoms with Gasteiger partial charge >= 0.3 is 5.97 Å². The number of aromatic carboxylic acids is 1. The summed E-state index contributed by atoms with van der Waals surface area (Å²) in [7, 11) is 1.73. The van der Waals surface area contributed by atoms with E-state index in [1.54, 1.807) is 17.8 Å². The zero-order valence-corrected chi connectivity index (χ0v) is 12.6. The van der Waals surface area contributed by atoms with Crippen LogP contribution in [0.5, 0.6) is 5.75 Å². The lowest BCUT2D eigenvalue weighted by molar-refractivity contribution is 0.0689. The third-order valence-electron chi connectivity index (χ3n) is 3.33. The number of fused-ring (bicyclic) bond motifs is 1. The molecule has 0 saturated carbocycles. The molecule has 1 N–H and O–H groups in total. The molecule has 0 saturated heterocycles. The van der Waals surface area contributed by atoms with E-state index in [0.717, 1.165) is 33.5 Å². The monoisotopic (exact) mass is 336 g/mol. The summed E-state index contributed by atoms with van der Waals surface area (Å²) < 4.78 is 8.38. The molecule has 0 aliphatic carbocycles. The van der Waals surface area contributed by atoms with Crippen LogP contribution in [0.3, 0.4) is 0 Å². The lowest BCUT2D eigenvalue weighted by Gasteiger charge is -2.10. The highest BCUT2D eigenvalue weighted by molar-refractivity contribution is 9.10. The van der Waals surface area contributed by atoms with Gasteiger partial charge in [-0.25, -0.2) is 4.79 Å². The number of hydrogen-bond acceptors (Lipinski definition) is 3. The van der Waals surface area contributed by atoms with Crippen molar-refractivity contribution in [3.63, 3.8) is 0 Å². The van der Waals surface area contributed by atoms with E-state index in [1.807, 2.05) is 19.1 Å². The van der Waals surface area contributed by atoms with E-state index in [-0.39, 0.29) is 11.8 Å². The van der Waals surface area contributed by atoms with Crippen molar-refractivity contribution in [3.8, 4) is 17.0 Å². The second kappa shape index (κ2) is 4.63. The maximum absolute atomic E-state index is 11.0. The van der Waals surface area contributed by atoms with Crippen LogP contribution in [-0.2, 0) is 13.5 Å². The van der Waals surface area contributed by atoms with E-state index in [1.165, 1.54) is 0 Å². The van der Waals surface area contributed by atoms with Gasteiger partial charge < -0.3 is 9.84 Å². The number of nitrogens with zero attached hydrogens (tertiary/aromatic N) is 2. The van der Waals surface area contributed by atoms with Crippen LogP contribution in [0.2, 0.25) is 0 Å². The van der Waals surface area contributed by atoms with Crippen molar-refractivity contribution < 1.29 is 14.6 Å². The summed E-state index contributed by atoms with van der Waals surface area (Å²) in [6.45, 7) is 2.02. The molecule has 6 heteroatoms. The number of carbonyl (C=O) groups is 1. The number of benzene rings is 1. The second-order valence-corrected chi connectivity index (χ2v) is 5.83. The van der Waals surface area contributed by atoms with Crippen LogP contribution in [0, 0.1) is 0 Å². The highest BCUT2D eigenvalue weighted by Crippen LogP contribution is 2.41. The Kier molecular flexibility index (Phi) is 3.05. The standard InChI is InChI=1S/C14H13BrN2O3/c1-7-3-8-4-9(15)5-10(13(8)20-7)12-6-11(14(18)19)16-17(12)2/h4-7H,3H2,1-2H3,(H,18,19). The van der Waals surface area contributed by atoms with Gasteiger partial charge in [-0.05, 0) is 30.7 Å². The van der Waals surface area contributed by atoms with Gasteiger partial charge in [-0.15, -0.1) is 0 Å². The molecule has 1 aromatic heterocycles. The molecule has 20 heavy (non-hydrogen) atoms. The van der Waals surface area contributed by atoms with Crippen molar-refractivity contribution in [1.29, 1.82) is 0 Å². The van der Waals surface area contributed by atoms with Gasteiger partial charge in [0.25, 0.3) is 0 Å². The lowest BCUT2D eigenvalue weighted by atomic mass is 10.0. The minimum absolute atomic E-state index is 0.0299. The van der Waals surface area contributed by atoms with Gasteiger partial charge in [0.05, 0.1) is 5.69 Å². The number of carboxylic acids is 1. The van der Waals surface area contributed by atoms with Gasteiger partial charge in [-0.3, -0.25) is 4.68 Å². The molecule has 0 fully saturated rings. The van der Waals surface area contributed by atoms with E-state index < -0.39 is 5.97 Å². The smallest absolute Gasteiger partial charge is 0.356 e. The molecule has 1 atom stereocenters. The van der Waals surface area contributed by atoms with Gasteiger partial charge in [0, 0.05) is 23.5 Å². The summed E-state index contributed by atoms with van der Waals surface area (Å²) in [5.41, 5.74) is 2.75. The number of carboxylic acid groups (broad SMARTS) is 1. The van der Waals surface area contributed by atoms with Crippen molar-refractivity contribution in [3.05, 3.63) is 33.9 Å². The molecular weight excluding hydrogens is 324 g/mol. The average Bonchev–Trinajstić information content (AvgIpc) is 2.90. The Bertz CT molecular complexity index is 709. The minimum Gasteiger partial charge on any atom is -0.489 e. The first-order valence-corrected chi connectivity index (χ1v) is 7.02. The summed E-state index contributed by atoms with van der Waals surface area (Å²) in [6.07, 6.45) is 0.982. The van der Waals surface area contributed by atoms with E-state index in [9.17, 15) is 4.79 Å². The number of aromatic nitrogens is 2. The summed E-state index contributed by atoms with van der Waals surface area (Å²) in [4.78, 5) is 11.0. The molecule has 1 unspecified atom stereocenters. The van der Waals surface area contributed by atoms with Crippen molar-refractivity contribution in [1.82, 2.24) is 9.78 Å². The normalized spacial score (nSPS) is 16.9. The highest BCUT2D eigenvalue weighted by Gasteiger charge is 2.25. The number of ether oxygens (including phenoxy) is 1. The first-order chi connectivity index (χ1) is 9.45. The summed E-state index contributed by atoms with van der Waals surface area (Å²) >= 11 is 3.49. The molecule has 0 spiro atoms. The molecule has 1 aliphatic heterocycles. The fourth-order valence-electron chi connectivity index (χ4n) is 2.51. The molecule has 2 heterocycles. The topological polar surface area (TPSA) is 64.3 Å². The number of aryl methyl sites for hydroxylation is 1. The van der Waals surface area contributed by atoms with E-state index >= 15 is 0 Å². The first-order valence-electron chi connectivity index (χ1n) is 6.22. The van der Waals surface area contributed by atoms with Crippen molar-refractivity contribution in [2.24, 2.45) is 7.05 Å². The Balaban J connectivity index is 2.18. The molecular formula is C14H13BrN2O3. The number of halogens is 1. The molecule has 2 aromatic rings. The molecule has 104 valence electrons. The zero-order valence-electron chi connectivity index (χ0n) is 11.1. The third kappa shape index (κ3) is 2.10. The first kappa shape index (κ1) is 13.2. The van der Waals surface area contributed by atoms with Gasteiger partial charge in [-0.1, -0.05) is 15.9 Å². The molecule has 0 radical (unpaired) electrons. The van der Waals surface area contributed by atoms with Gasteiger partial charge in [-0.2, -0.15) is 5.10 Å². The van der Waals surface area contributed by atoms with Crippen LogP contribution in [-0.4, -0.2) is 27.0 Å². The zero-order chi connectivity index (χ0) is 14.4. The maximum Gasteiger partial charge on any atom is 0.356 e. The third-order valence-corrected chi connectivity index (χ3v) is 3.79. The van der Waals surface area contributed by atoms with E-state index in [2.05, 4.69) is 21.0 Å². The molecule has 0 bridgehead atoms. The van der Waals surface area contributed by atoms with Crippen LogP contribution in [0.25, 0.3) is 11.3 Å². The minimum atomic E-state index is -1.03. The van der Waals surface area contributed by atoms with E-state index in [4.69, 9.17) is 9.84 Å². The molecule has 1 aliphatic rings. The van der Waals surface area contributed by atoms with Crippen LogP contribution < -0.4 is 4.74 Å². The van der Waals surface area contributed by atoms with E-state index in [0.29, 0.717) is 0 Å². The van der Waals surface area contributed by atoms with Gasteiger partial charge in [0.1, 0.15) is 11.9 Å². The lowest BCUT2D eigenvalue weighted by Crippen LogP contribution is -2.05. The Morgan fingerprint density at radius 3 is 2.90 bits per heavy atom. The number of rotatable bonds is 2. The van der Waals surface area contributed by atoms with Crippen LogP contribution in [0.15, 0.2) is 22.7 Å². The highest BCUT2D eigenvalue weighted by atomic mass is 79.9. The predicted molar refractivity (Wildman–Crippen MR) is 77.1 cm³/mol. The van der Waals surface area contributed by atoms with Gasteiger partial charge in [0.2, 0.25) is 0 Å². The Labute approximate surface area is 124 Å². The maximum atomic E-state index is 11.0. The largest absolute Gasteiger partial charge is 0.489 e. The Hall–Kier alpha value is -1.82. The summed E-state index contributed by atoms with van der Waals surface area (Å²) in [5, 5.41) is 13.1. The van der Waals surface area contributed by atoms with Crippen molar-refractivity contribution >= 4 is 21.9 Å². The quantitative estimate of drug-likeness (QED) is 0.915. The summed E-state index contributed by atoms with van der Waals surface area (Å²) in [5.74, 6) is -0.214. The molecule has 0 amide bonds. The SMILES string of the molecule is CC1Cc2cc(Br)cc(-c3cc(C(=O)O)nn3C)c2O1. The van der Waals surface area contributed by atoms with Crippen LogP contribution in [0.1, 0.15) is 23.0 Å². The predicted octanol–water partition coefficient (Wildman–Crippen LogP) is 2.87. The molecule has 5 nitrogen and oxygen atoms in total. The Morgan fingerprint density at radius 1 is 1.50 bits per heavy atom. The van der Waals surface area contributed by atoms with Gasteiger partial charge in [0.15, 0.2) is 5.69 Å². The summed E-state index contributed by atoms with van der Waals surface area (Å²) in [6, 6.07) is 5.53. The van der Waals surface area contributed by atoms with Crippen molar-refractivity contribution in [2.75, 3.05) is 0 Å².